The van der Waals surface area contributed by atoms with E-state index in [4.69, 9.17) is 11.6 Å². The maximum absolute atomic E-state index is 11.5. The molecule has 0 radical (unpaired) electrons. The lowest BCUT2D eigenvalue weighted by molar-refractivity contribution is -0.117. The first-order valence-corrected chi connectivity index (χ1v) is 5.55. The van der Waals surface area contributed by atoms with Crippen LogP contribution >= 0.6 is 11.6 Å². The van der Waals surface area contributed by atoms with Crippen LogP contribution in [0.5, 0.6) is 0 Å². The van der Waals surface area contributed by atoms with Gasteiger partial charge in [0.25, 0.3) is 0 Å². The van der Waals surface area contributed by atoms with Gasteiger partial charge in [-0.15, -0.1) is 0 Å². The number of esters is 1. The molecule has 1 fully saturated rings. The van der Waals surface area contributed by atoms with Gasteiger partial charge in [-0.3, -0.25) is 9.69 Å². The molecule has 0 atom stereocenters. The van der Waals surface area contributed by atoms with Crippen LogP contribution in [-0.4, -0.2) is 30.5 Å². The lowest BCUT2D eigenvalue weighted by atomic mass is 10.2. The Bertz CT molecular complexity index is 476. The van der Waals surface area contributed by atoms with E-state index in [1.165, 1.54) is 19.4 Å². The van der Waals surface area contributed by atoms with E-state index in [-0.39, 0.29) is 16.5 Å². The number of rotatable bonds is 2. The Labute approximate surface area is 103 Å². The van der Waals surface area contributed by atoms with Gasteiger partial charge in [-0.05, 0) is 12.5 Å². The van der Waals surface area contributed by atoms with Gasteiger partial charge in [0.2, 0.25) is 5.91 Å². The Balaban J connectivity index is 2.37. The third kappa shape index (κ3) is 2.24. The molecule has 0 unspecified atom stereocenters. The number of nitrogens with zero attached hydrogens (tertiary/aromatic N) is 2. The number of amides is 1. The number of carbonyl (C=O) groups excluding carboxylic acids is 2. The quantitative estimate of drug-likeness (QED) is 0.753. The summed E-state index contributed by atoms with van der Waals surface area (Å²) in [5.74, 6) is -0.0850. The lowest BCUT2D eigenvalue weighted by Crippen LogP contribution is -2.25. The highest BCUT2D eigenvalue weighted by Crippen LogP contribution is 2.24. The monoisotopic (exact) mass is 254 g/mol. The summed E-state index contributed by atoms with van der Waals surface area (Å²) in [6, 6.07) is 1.48. The zero-order valence-corrected chi connectivity index (χ0v) is 10.0. The van der Waals surface area contributed by atoms with Crippen molar-refractivity contribution >= 4 is 29.3 Å². The van der Waals surface area contributed by atoms with E-state index < -0.39 is 5.97 Å². The molecule has 17 heavy (non-hydrogen) atoms. The van der Waals surface area contributed by atoms with E-state index in [1.807, 2.05) is 0 Å². The molecule has 1 aromatic heterocycles. The number of methoxy groups -OCH3 is 1. The number of pyridine rings is 1. The Hall–Kier alpha value is -1.62. The highest BCUT2D eigenvalue weighted by atomic mass is 35.5. The molecular formula is C11H11ClN2O3. The van der Waals surface area contributed by atoms with Crippen LogP contribution in [0.2, 0.25) is 5.02 Å². The molecule has 1 aromatic rings. The van der Waals surface area contributed by atoms with Crippen LogP contribution in [0, 0.1) is 0 Å². The molecule has 0 aliphatic carbocycles. The first-order chi connectivity index (χ1) is 8.13. The molecule has 1 aliphatic heterocycles. The van der Waals surface area contributed by atoms with Crippen molar-refractivity contribution in [2.75, 3.05) is 18.6 Å². The highest BCUT2D eigenvalue weighted by molar-refractivity contribution is 6.33. The molecule has 6 heteroatoms. The van der Waals surface area contributed by atoms with Gasteiger partial charge in [0.1, 0.15) is 5.82 Å². The minimum Gasteiger partial charge on any atom is -0.465 e. The molecule has 1 saturated heterocycles. The van der Waals surface area contributed by atoms with Crippen molar-refractivity contribution in [1.29, 1.82) is 0 Å². The zero-order valence-electron chi connectivity index (χ0n) is 9.27. The standard InChI is InChI=1S/C11H11ClN2O3/c1-17-11(16)7-5-9(13-6-8(7)12)14-4-2-3-10(14)15/h5-6H,2-4H2,1H3. The van der Waals surface area contributed by atoms with E-state index in [0.29, 0.717) is 18.8 Å². The average molecular weight is 255 g/mol. The molecule has 1 aliphatic rings. The predicted octanol–water partition coefficient (Wildman–Crippen LogP) is 1.65. The molecule has 0 saturated carbocycles. The van der Waals surface area contributed by atoms with E-state index in [1.54, 1.807) is 4.90 Å². The summed E-state index contributed by atoms with van der Waals surface area (Å²) in [5, 5.41) is 0.215. The molecule has 5 nitrogen and oxygen atoms in total. The molecule has 0 aromatic carbocycles. The number of halogens is 1. The number of carbonyl (C=O) groups is 2. The molecule has 0 spiro atoms. The largest absolute Gasteiger partial charge is 0.465 e. The summed E-state index contributed by atoms with van der Waals surface area (Å²) >= 11 is 5.85. The van der Waals surface area contributed by atoms with Crippen molar-refractivity contribution in [1.82, 2.24) is 4.98 Å². The fraction of sp³-hybridized carbons (Fsp3) is 0.364. The minimum atomic E-state index is -0.537. The van der Waals surface area contributed by atoms with Gasteiger partial charge in [0.15, 0.2) is 0 Å². The van der Waals surface area contributed by atoms with Crippen LogP contribution in [0.3, 0.4) is 0 Å². The van der Waals surface area contributed by atoms with Crippen LogP contribution in [-0.2, 0) is 9.53 Å². The lowest BCUT2D eigenvalue weighted by Gasteiger charge is -2.15. The van der Waals surface area contributed by atoms with E-state index in [9.17, 15) is 9.59 Å². The van der Waals surface area contributed by atoms with Crippen LogP contribution in [0.15, 0.2) is 12.3 Å². The zero-order chi connectivity index (χ0) is 12.4. The number of hydrogen-bond donors (Lipinski definition) is 0. The summed E-state index contributed by atoms with van der Waals surface area (Å²) in [6.07, 6.45) is 2.67. The van der Waals surface area contributed by atoms with Crippen LogP contribution < -0.4 is 4.90 Å². The first-order valence-electron chi connectivity index (χ1n) is 5.17. The molecule has 0 N–H and O–H groups in total. The Morgan fingerprint density at radius 1 is 1.59 bits per heavy atom. The summed E-state index contributed by atoms with van der Waals surface area (Å²) in [5.41, 5.74) is 0.221. The van der Waals surface area contributed by atoms with Gasteiger partial charge in [0.05, 0.1) is 17.7 Å². The molecular weight excluding hydrogens is 244 g/mol. The second-order valence-electron chi connectivity index (χ2n) is 3.66. The second kappa shape index (κ2) is 4.71. The van der Waals surface area contributed by atoms with Crippen LogP contribution in [0.25, 0.3) is 0 Å². The minimum absolute atomic E-state index is 0.00985. The SMILES string of the molecule is COC(=O)c1cc(N2CCCC2=O)ncc1Cl. The van der Waals surface area contributed by atoms with Gasteiger partial charge < -0.3 is 4.74 Å². The third-order valence-corrected chi connectivity index (χ3v) is 2.90. The second-order valence-corrected chi connectivity index (χ2v) is 4.07. The van der Waals surface area contributed by atoms with E-state index >= 15 is 0 Å². The fourth-order valence-corrected chi connectivity index (χ4v) is 1.91. The summed E-state index contributed by atoms with van der Waals surface area (Å²) < 4.78 is 4.61. The van der Waals surface area contributed by atoms with Gasteiger partial charge >= 0.3 is 5.97 Å². The normalized spacial score (nSPS) is 15.2. The van der Waals surface area contributed by atoms with Gasteiger partial charge in [-0.1, -0.05) is 11.6 Å². The molecule has 2 heterocycles. The van der Waals surface area contributed by atoms with E-state index in [2.05, 4.69) is 9.72 Å². The average Bonchev–Trinajstić information content (AvgIpc) is 2.75. The van der Waals surface area contributed by atoms with Gasteiger partial charge in [-0.2, -0.15) is 0 Å². The Morgan fingerprint density at radius 2 is 2.35 bits per heavy atom. The third-order valence-electron chi connectivity index (χ3n) is 2.60. The smallest absolute Gasteiger partial charge is 0.339 e. The van der Waals surface area contributed by atoms with Crippen molar-refractivity contribution in [2.45, 2.75) is 12.8 Å². The number of anilines is 1. The molecule has 0 bridgehead atoms. The van der Waals surface area contributed by atoms with Crippen molar-refractivity contribution in [2.24, 2.45) is 0 Å². The van der Waals surface area contributed by atoms with E-state index in [0.717, 1.165) is 6.42 Å². The molecule has 2 rings (SSSR count). The molecule has 1 amide bonds. The maximum Gasteiger partial charge on any atom is 0.339 e. The van der Waals surface area contributed by atoms with Crippen LogP contribution in [0.1, 0.15) is 23.2 Å². The predicted molar refractivity (Wildman–Crippen MR) is 62.2 cm³/mol. The summed E-state index contributed by atoms with van der Waals surface area (Å²) in [6.45, 7) is 0.619. The molecule has 90 valence electrons. The van der Waals surface area contributed by atoms with Crippen molar-refractivity contribution in [3.63, 3.8) is 0 Å². The summed E-state index contributed by atoms with van der Waals surface area (Å²) in [4.78, 5) is 28.6. The Morgan fingerprint density at radius 3 is 2.94 bits per heavy atom. The van der Waals surface area contributed by atoms with Gasteiger partial charge in [-0.25, -0.2) is 9.78 Å². The highest BCUT2D eigenvalue weighted by Gasteiger charge is 2.24. The topological polar surface area (TPSA) is 59.5 Å². The van der Waals surface area contributed by atoms with Crippen molar-refractivity contribution in [3.05, 3.63) is 22.8 Å². The maximum atomic E-state index is 11.5. The van der Waals surface area contributed by atoms with Crippen LogP contribution in [0.4, 0.5) is 5.82 Å². The number of aromatic nitrogens is 1. The number of ether oxygens (including phenoxy) is 1. The Kier molecular flexibility index (Phi) is 3.28. The van der Waals surface area contributed by atoms with Crippen molar-refractivity contribution in [3.8, 4) is 0 Å². The fourth-order valence-electron chi connectivity index (χ4n) is 1.73. The number of hydrogen-bond acceptors (Lipinski definition) is 4. The van der Waals surface area contributed by atoms with Gasteiger partial charge in [0, 0.05) is 19.2 Å². The summed E-state index contributed by atoms with van der Waals surface area (Å²) in [7, 11) is 1.28. The first kappa shape index (κ1) is 11.9. The van der Waals surface area contributed by atoms with Crippen molar-refractivity contribution < 1.29 is 14.3 Å².